The van der Waals surface area contributed by atoms with E-state index in [0.29, 0.717) is 18.8 Å². The van der Waals surface area contributed by atoms with Gasteiger partial charge >= 0.3 is 0 Å². The largest absolute Gasteiger partial charge is 0.491 e. The Morgan fingerprint density at radius 2 is 2.15 bits per heavy atom. The van der Waals surface area contributed by atoms with Crippen molar-refractivity contribution < 1.29 is 9.13 Å². The molecule has 1 heterocycles. The predicted octanol–water partition coefficient (Wildman–Crippen LogP) is 2.84. The third-order valence-corrected chi connectivity index (χ3v) is 2.92. The van der Waals surface area contributed by atoms with E-state index in [1.165, 1.54) is 6.07 Å². The van der Waals surface area contributed by atoms with E-state index in [1.54, 1.807) is 12.3 Å². The fraction of sp³-hybridized carbons (Fsp3) is 0.267. The topological polar surface area (TPSA) is 51.4 Å². The van der Waals surface area contributed by atoms with E-state index in [1.807, 2.05) is 37.1 Å². The van der Waals surface area contributed by atoms with Gasteiger partial charge in [0.2, 0.25) is 0 Å². The lowest BCUT2D eigenvalue weighted by atomic mass is 10.2. The lowest BCUT2D eigenvalue weighted by Gasteiger charge is -2.21. The van der Waals surface area contributed by atoms with Crippen LogP contribution in [0.15, 0.2) is 36.5 Å². The number of ether oxygens (including phenoxy) is 1. The van der Waals surface area contributed by atoms with Gasteiger partial charge in [0.15, 0.2) is 11.6 Å². The molecule has 2 rings (SSSR count). The number of rotatable bonds is 5. The van der Waals surface area contributed by atoms with Crippen LogP contribution in [0.2, 0.25) is 0 Å². The molecule has 0 aliphatic carbocycles. The van der Waals surface area contributed by atoms with Crippen molar-refractivity contribution in [1.82, 2.24) is 4.98 Å². The third-order valence-electron chi connectivity index (χ3n) is 2.92. The molecule has 0 radical (unpaired) electrons. The van der Waals surface area contributed by atoms with Gasteiger partial charge in [-0.2, -0.15) is 0 Å². The molecule has 1 aromatic carbocycles. The molecule has 0 unspecified atom stereocenters. The lowest BCUT2D eigenvalue weighted by molar-refractivity contribution is 0.322. The second-order valence-electron chi connectivity index (χ2n) is 4.45. The third kappa shape index (κ3) is 3.17. The SMILES string of the molecule is CCOc1cc(N(C)Cc2ccccn2)c(N)cc1F. The Kier molecular flexibility index (Phi) is 4.40. The molecule has 0 bridgehead atoms. The Morgan fingerprint density at radius 1 is 1.35 bits per heavy atom. The molecular weight excluding hydrogens is 257 g/mol. The van der Waals surface area contributed by atoms with Gasteiger partial charge in [0.1, 0.15) is 0 Å². The summed E-state index contributed by atoms with van der Waals surface area (Å²) in [6, 6.07) is 8.63. The quantitative estimate of drug-likeness (QED) is 0.852. The minimum atomic E-state index is -0.445. The molecule has 2 N–H and O–H groups in total. The average Bonchev–Trinajstić information content (AvgIpc) is 2.43. The van der Waals surface area contributed by atoms with Gasteiger partial charge in [-0.3, -0.25) is 4.98 Å². The Balaban J connectivity index is 2.25. The summed E-state index contributed by atoms with van der Waals surface area (Å²) < 4.78 is 18.9. The minimum absolute atomic E-state index is 0.213. The van der Waals surface area contributed by atoms with Gasteiger partial charge in [-0.05, 0) is 19.1 Å². The van der Waals surface area contributed by atoms with E-state index in [9.17, 15) is 4.39 Å². The molecule has 2 aromatic rings. The van der Waals surface area contributed by atoms with Crippen molar-refractivity contribution in [2.24, 2.45) is 0 Å². The molecule has 20 heavy (non-hydrogen) atoms. The van der Waals surface area contributed by atoms with Gasteiger partial charge in [0.05, 0.1) is 30.2 Å². The summed E-state index contributed by atoms with van der Waals surface area (Å²) in [7, 11) is 1.88. The van der Waals surface area contributed by atoms with Gasteiger partial charge < -0.3 is 15.4 Å². The molecule has 4 nitrogen and oxygen atoms in total. The van der Waals surface area contributed by atoms with Crippen LogP contribution in [0.25, 0.3) is 0 Å². The maximum atomic E-state index is 13.7. The number of halogens is 1. The highest BCUT2D eigenvalue weighted by atomic mass is 19.1. The molecule has 0 atom stereocenters. The number of anilines is 2. The van der Waals surface area contributed by atoms with Crippen molar-refractivity contribution in [1.29, 1.82) is 0 Å². The van der Waals surface area contributed by atoms with E-state index in [2.05, 4.69) is 4.98 Å². The summed E-state index contributed by atoms with van der Waals surface area (Å²) in [4.78, 5) is 6.18. The zero-order valence-corrected chi connectivity index (χ0v) is 11.6. The van der Waals surface area contributed by atoms with E-state index in [-0.39, 0.29) is 5.75 Å². The lowest BCUT2D eigenvalue weighted by Crippen LogP contribution is -2.19. The van der Waals surface area contributed by atoms with Gasteiger partial charge in [0.25, 0.3) is 0 Å². The first-order valence-electron chi connectivity index (χ1n) is 6.44. The summed E-state index contributed by atoms with van der Waals surface area (Å²) in [5.74, 6) is -0.232. The Bertz CT molecular complexity index is 575. The maximum absolute atomic E-state index is 13.7. The average molecular weight is 275 g/mol. The van der Waals surface area contributed by atoms with Crippen LogP contribution in [0, 0.1) is 5.82 Å². The van der Waals surface area contributed by atoms with Crippen molar-refractivity contribution in [3.8, 4) is 5.75 Å². The Labute approximate surface area is 118 Å². The second-order valence-corrected chi connectivity index (χ2v) is 4.45. The Morgan fingerprint density at radius 3 is 2.80 bits per heavy atom. The summed E-state index contributed by atoms with van der Waals surface area (Å²) in [5, 5.41) is 0. The van der Waals surface area contributed by atoms with E-state index in [0.717, 1.165) is 11.4 Å². The van der Waals surface area contributed by atoms with Crippen LogP contribution in [0.3, 0.4) is 0 Å². The molecule has 0 fully saturated rings. The van der Waals surface area contributed by atoms with Crippen molar-refractivity contribution in [3.63, 3.8) is 0 Å². The van der Waals surface area contributed by atoms with Crippen LogP contribution >= 0.6 is 0 Å². The fourth-order valence-corrected chi connectivity index (χ4v) is 1.97. The molecule has 0 saturated carbocycles. The number of pyridine rings is 1. The van der Waals surface area contributed by atoms with Gasteiger partial charge in [-0.25, -0.2) is 4.39 Å². The smallest absolute Gasteiger partial charge is 0.167 e. The highest BCUT2D eigenvalue weighted by Crippen LogP contribution is 2.31. The monoisotopic (exact) mass is 275 g/mol. The van der Waals surface area contributed by atoms with E-state index < -0.39 is 5.82 Å². The normalized spacial score (nSPS) is 10.3. The zero-order valence-electron chi connectivity index (χ0n) is 11.6. The van der Waals surface area contributed by atoms with Crippen LogP contribution in [0.1, 0.15) is 12.6 Å². The highest BCUT2D eigenvalue weighted by Gasteiger charge is 2.12. The predicted molar refractivity (Wildman–Crippen MR) is 78.3 cm³/mol. The molecule has 0 aliphatic rings. The van der Waals surface area contributed by atoms with Crippen LogP contribution in [0.4, 0.5) is 15.8 Å². The van der Waals surface area contributed by atoms with Crippen molar-refractivity contribution in [3.05, 3.63) is 48.0 Å². The van der Waals surface area contributed by atoms with E-state index >= 15 is 0 Å². The van der Waals surface area contributed by atoms with Crippen molar-refractivity contribution >= 4 is 11.4 Å². The number of hydrogen-bond donors (Lipinski definition) is 1. The zero-order chi connectivity index (χ0) is 14.5. The molecule has 106 valence electrons. The maximum Gasteiger partial charge on any atom is 0.167 e. The number of nitrogen functional groups attached to an aromatic ring is 1. The van der Waals surface area contributed by atoms with Crippen LogP contribution < -0.4 is 15.4 Å². The number of hydrogen-bond acceptors (Lipinski definition) is 4. The van der Waals surface area contributed by atoms with Crippen LogP contribution in [-0.4, -0.2) is 18.6 Å². The molecule has 0 saturated heterocycles. The first-order chi connectivity index (χ1) is 9.61. The second kappa shape index (κ2) is 6.23. The van der Waals surface area contributed by atoms with Crippen LogP contribution in [0.5, 0.6) is 5.75 Å². The summed E-state index contributed by atoms with van der Waals surface area (Å²) in [5.41, 5.74) is 7.90. The van der Waals surface area contributed by atoms with Gasteiger partial charge in [0, 0.05) is 25.4 Å². The molecular formula is C15H18FN3O. The molecule has 0 aliphatic heterocycles. The first kappa shape index (κ1) is 14.1. The Hall–Kier alpha value is -2.30. The number of aromatic nitrogens is 1. The van der Waals surface area contributed by atoms with E-state index in [4.69, 9.17) is 10.5 Å². The number of benzene rings is 1. The summed E-state index contributed by atoms with van der Waals surface area (Å²) in [6.07, 6.45) is 1.74. The van der Waals surface area contributed by atoms with Gasteiger partial charge in [-0.15, -0.1) is 0 Å². The molecule has 5 heteroatoms. The highest BCUT2D eigenvalue weighted by molar-refractivity contribution is 5.69. The summed E-state index contributed by atoms with van der Waals surface area (Å²) >= 11 is 0. The molecule has 0 spiro atoms. The summed E-state index contributed by atoms with van der Waals surface area (Å²) in [6.45, 7) is 2.81. The molecule has 1 aromatic heterocycles. The van der Waals surface area contributed by atoms with Crippen LogP contribution in [-0.2, 0) is 6.54 Å². The minimum Gasteiger partial charge on any atom is -0.491 e. The fourth-order valence-electron chi connectivity index (χ4n) is 1.97. The first-order valence-corrected chi connectivity index (χ1v) is 6.44. The molecule has 0 amide bonds. The number of nitrogens with two attached hydrogens (primary N) is 1. The van der Waals surface area contributed by atoms with Gasteiger partial charge in [-0.1, -0.05) is 6.07 Å². The van der Waals surface area contributed by atoms with Crippen molar-refractivity contribution in [2.45, 2.75) is 13.5 Å². The standard InChI is InChI=1S/C15H18FN3O/c1-3-20-15-9-14(13(17)8-12(15)16)19(2)10-11-6-4-5-7-18-11/h4-9H,3,10,17H2,1-2H3. The number of nitrogens with zero attached hydrogens (tertiary/aromatic N) is 2. The van der Waals surface area contributed by atoms with Crippen molar-refractivity contribution in [2.75, 3.05) is 24.3 Å².